The molecule has 716 valence electrons. The van der Waals surface area contributed by atoms with E-state index in [1.165, 1.54) is 47.6 Å². The number of nitrogens with two attached hydrogens (primary N) is 2. The normalized spacial score (nSPS) is 23.6. The zero-order valence-electron chi connectivity index (χ0n) is 75.9. The number of hydrogen-bond acceptors (Lipinski definition) is 21. The van der Waals surface area contributed by atoms with Crippen molar-refractivity contribution in [1.82, 2.24) is 97.6 Å². The quantitative estimate of drug-likeness (QED) is 0.0186. The lowest BCUT2D eigenvalue weighted by Gasteiger charge is -2.36. The number of para-hydroxylation sites is 2. The topological polar surface area (TPSA) is 603 Å². The highest BCUT2D eigenvalue weighted by molar-refractivity contribution is 8.00. The number of fused-ring (bicyclic) bond motifs is 3. The van der Waals surface area contributed by atoms with E-state index < -0.39 is 229 Å². The number of Topliss-reactive ketones (excluding diaryl/α,β-unsaturated/α-hetero) is 1. The standard InChI is InChI=1S/C90H126N22O19S/c1-10-12-30-71-83(125)101-63(29-21-33-95-90(92)93)80(122)107-70(79(121)98-45-74(91)115)48-132-49-75(116)100-66(36-53-23-15-14-16-24-53)86(128)109(7)52(5)77(119)103-68(41-76(117)118)88(130)112-34-22-32-72(112)84(126)102-64(40-57-44-94-50-99-57)81(123)104-65(35-51(3)4)85(127)108(6)46-58(114)38-54(37-55-42-96-61-27-19-17-25-59(55)61)78(120)106-69(47-113)82(124)105-67(39-56-43-97-62-28-20-18-26-60(56)62)87(129)111(9)73(31-13-11-2)89(131)110(71)8/h14-20,23-28,42-44,50-52,54,63-73,96-97,113H,10-13,21-22,29-41,45-49H2,1-9H3,(H2,91,115)(H,94,99)(H,98,121)(H,100,116)(H,101,125)(H,102,126)(H,103,119)(H,104,123)(H,105,124)(H,106,120)(H,107,122)(H,117,118)(H4,92,93,95)/t52-,54+,63-,64-,65-,66-,67-,68-,69-,70-,71-,72-,73-/m0/s1. The van der Waals surface area contributed by atoms with Crippen LogP contribution in [0.3, 0.4) is 0 Å². The van der Waals surface area contributed by atoms with Crippen molar-refractivity contribution in [3.8, 4) is 0 Å². The van der Waals surface area contributed by atoms with E-state index in [-0.39, 0.29) is 89.6 Å². The summed E-state index contributed by atoms with van der Waals surface area (Å²) in [4.78, 5) is 267. The van der Waals surface area contributed by atoms with Gasteiger partial charge in [0, 0.05) is 125 Å². The van der Waals surface area contributed by atoms with Crippen molar-refractivity contribution < 1.29 is 91.7 Å². The largest absolute Gasteiger partial charge is 0.481 e. The van der Waals surface area contributed by atoms with Crippen LogP contribution in [0.15, 0.2) is 104 Å². The van der Waals surface area contributed by atoms with E-state index in [0.717, 1.165) is 36.3 Å². The summed E-state index contributed by atoms with van der Waals surface area (Å²) in [6.07, 6.45) is 5.31. The monoisotopic (exact) mass is 1850 g/mol. The zero-order chi connectivity index (χ0) is 96.6. The number of aromatic amines is 3. The molecule has 3 aromatic carbocycles. The Hall–Kier alpha value is -13.3. The van der Waals surface area contributed by atoms with E-state index in [1.807, 2.05) is 13.8 Å². The fourth-order valence-electron chi connectivity index (χ4n) is 16.0. The third-order valence-corrected chi connectivity index (χ3v) is 24.4. The summed E-state index contributed by atoms with van der Waals surface area (Å²) in [6.45, 7) is 6.00. The minimum absolute atomic E-state index is 0.000185. The number of likely N-dealkylation sites (N-methyl/N-ethyl adjacent to an activating group) is 4. The second-order valence-corrected chi connectivity index (χ2v) is 34.9. The van der Waals surface area contributed by atoms with Crippen LogP contribution in [0, 0.1) is 17.2 Å². The third-order valence-electron chi connectivity index (χ3n) is 23.4. The number of nitrogens with one attached hydrogen (secondary N) is 14. The fourth-order valence-corrected chi connectivity index (χ4v) is 16.9. The summed E-state index contributed by atoms with van der Waals surface area (Å²) < 4.78 is 0. The lowest BCUT2D eigenvalue weighted by Crippen LogP contribution is -2.61. The molecule has 3 aromatic heterocycles. The molecule has 0 unspecified atom stereocenters. The van der Waals surface area contributed by atoms with Crippen LogP contribution < -0.4 is 64.6 Å². The molecule has 2 aliphatic rings. The number of thioether (sulfide) groups is 1. The summed E-state index contributed by atoms with van der Waals surface area (Å²) in [5.74, 6) is -18.7. The van der Waals surface area contributed by atoms with E-state index in [9.17, 15) is 67.7 Å². The highest BCUT2D eigenvalue weighted by Crippen LogP contribution is 2.27. The predicted molar refractivity (Wildman–Crippen MR) is 489 cm³/mol. The molecular weight excluding hydrogens is 1730 g/mol. The van der Waals surface area contributed by atoms with Crippen molar-refractivity contribution >= 4 is 140 Å². The number of ketones is 1. The van der Waals surface area contributed by atoms with Gasteiger partial charge in [-0.3, -0.25) is 86.9 Å². The number of H-pyrrole nitrogens is 3. The van der Waals surface area contributed by atoms with E-state index in [0.29, 0.717) is 69.9 Å². The van der Waals surface area contributed by atoms with Crippen molar-refractivity contribution in [3.63, 3.8) is 0 Å². The summed E-state index contributed by atoms with van der Waals surface area (Å²) in [6, 6.07) is 4.36. The molecular formula is C90H126N22O19S. The Balaban J connectivity index is 1.18. The van der Waals surface area contributed by atoms with Gasteiger partial charge in [-0.25, -0.2) is 4.98 Å². The molecule has 20 N–H and O–H groups in total. The number of aliphatic carboxylic acids is 1. The van der Waals surface area contributed by atoms with Crippen molar-refractivity contribution in [2.45, 2.75) is 216 Å². The first kappa shape index (κ1) is 104. The van der Waals surface area contributed by atoms with Crippen LogP contribution >= 0.6 is 11.8 Å². The number of benzene rings is 3. The summed E-state index contributed by atoms with van der Waals surface area (Å²) >= 11 is 0.787. The number of amides is 15. The summed E-state index contributed by atoms with van der Waals surface area (Å²) in [5.41, 5.74) is 14.4. The van der Waals surface area contributed by atoms with E-state index in [4.69, 9.17) is 16.9 Å². The fraction of sp³-hybridized carbons (Fsp3) is 0.522. The van der Waals surface area contributed by atoms with Gasteiger partial charge in [-0.15, -0.1) is 11.8 Å². The number of primary amides is 1. The Morgan fingerprint density at radius 1 is 0.576 bits per heavy atom. The first-order valence-electron chi connectivity index (χ1n) is 44.4. The lowest BCUT2D eigenvalue weighted by atomic mass is 9.92. The molecule has 0 bridgehead atoms. The summed E-state index contributed by atoms with van der Waals surface area (Å²) in [5, 5.41) is 57.0. The number of carbonyl (C=O) groups excluding carboxylic acids is 16. The minimum atomic E-state index is -1.86. The molecule has 2 fully saturated rings. The first-order chi connectivity index (χ1) is 62.9. The highest BCUT2D eigenvalue weighted by atomic mass is 32.2. The SMILES string of the molecule is CCCC[C@H]1C(=O)N(C)[C@@H](CCCC)C(=O)N[C@@H](CCCNC(=N)N)C(=O)N[C@H](C(=O)NCC(N)=O)CSCC(=O)N[C@@H](Cc2ccccc2)C(=O)N(C)[C@@H](C)C(=O)N[C@@H](CC(=O)O)C(=O)N2CCC[C@H]2C(=O)N[C@@H](Cc2cnc[nH]2)C(=O)N[C@@H](CC(C)C)C(=O)N(C)CC(=O)C[C@@H](Cc2c[nH]c3ccccc23)C(=O)N[C@@H](CO)C(=O)N[C@@H](Cc2c[nH]c3ccccc23)C(=O)N1C. The molecule has 6 aromatic rings. The number of hydrogen-bond donors (Lipinski definition) is 18. The van der Waals surface area contributed by atoms with Crippen LogP contribution in [0.4, 0.5) is 0 Å². The Kier molecular flexibility index (Phi) is 40.0. The lowest BCUT2D eigenvalue weighted by molar-refractivity contribution is -0.149. The van der Waals surface area contributed by atoms with Gasteiger partial charge in [0.25, 0.3) is 0 Å². The number of aliphatic hydroxyl groups is 1. The molecule has 15 amide bonds. The van der Waals surface area contributed by atoms with Crippen molar-refractivity contribution in [2.75, 3.05) is 72.5 Å². The molecule has 0 spiro atoms. The molecule has 2 aliphatic heterocycles. The van der Waals surface area contributed by atoms with Crippen molar-refractivity contribution in [2.24, 2.45) is 23.3 Å². The maximum Gasteiger partial charge on any atom is 0.305 e. The van der Waals surface area contributed by atoms with Gasteiger partial charge in [0.2, 0.25) is 88.6 Å². The Labute approximate surface area is 769 Å². The van der Waals surface area contributed by atoms with Crippen LogP contribution in [0.2, 0.25) is 0 Å². The maximum absolute atomic E-state index is 15.7. The number of carboxylic acid groups (broad SMARTS) is 1. The third kappa shape index (κ3) is 30.1. The molecule has 41 nitrogen and oxygen atoms in total. The van der Waals surface area contributed by atoms with Crippen LogP contribution in [0.5, 0.6) is 0 Å². The van der Waals surface area contributed by atoms with Crippen LogP contribution in [-0.4, -0.2) is 306 Å². The Bertz CT molecular complexity index is 5050. The van der Waals surface area contributed by atoms with Crippen molar-refractivity contribution in [1.29, 1.82) is 5.41 Å². The number of aliphatic hydroxyl groups excluding tert-OH is 1. The van der Waals surface area contributed by atoms with Gasteiger partial charge >= 0.3 is 5.97 Å². The van der Waals surface area contributed by atoms with Gasteiger partial charge in [0.1, 0.15) is 72.5 Å². The Morgan fingerprint density at radius 2 is 1.14 bits per heavy atom. The van der Waals surface area contributed by atoms with Gasteiger partial charge in [-0.2, -0.15) is 0 Å². The Morgan fingerprint density at radius 3 is 1.76 bits per heavy atom. The zero-order valence-corrected chi connectivity index (χ0v) is 76.8. The van der Waals surface area contributed by atoms with E-state index >= 15 is 24.0 Å². The number of rotatable bonds is 26. The number of unbranched alkanes of at least 4 members (excludes halogenated alkanes) is 2. The van der Waals surface area contributed by atoms with E-state index in [1.54, 1.807) is 105 Å². The number of imidazole rings is 1. The second kappa shape index (κ2) is 50.8. The average molecular weight is 1850 g/mol. The van der Waals surface area contributed by atoms with Crippen LogP contribution in [0.25, 0.3) is 21.8 Å². The number of nitrogens with zero attached hydrogens (tertiary/aromatic N) is 6. The predicted octanol–water partition coefficient (Wildman–Crippen LogP) is -0.448. The molecule has 5 heterocycles. The number of carbonyl (C=O) groups is 17. The molecule has 132 heavy (non-hydrogen) atoms. The van der Waals surface area contributed by atoms with E-state index in [2.05, 4.69) is 73.1 Å². The first-order valence-corrected chi connectivity index (χ1v) is 45.5. The smallest absolute Gasteiger partial charge is 0.305 e. The highest BCUT2D eigenvalue weighted by Gasteiger charge is 2.44. The molecule has 0 radical (unpaired) electrons. The van der Waals surface area contributed by atoms with Gasteiger partial charge < -0.3 is 114 Å². The number of aromatic nitrogens is 4. The van der Waals surface area contributed by atoms with Gasteiger partial charge in [0.15, 0.2) is 11.7 Å². The number of guanidine groups is 1. The van der Waals surface area contributed by atoms with Crippen LogP contribution in [-0.2, 0) is 107 Å². The van der Waals surface area contributed by atoms with Crippen molar-refractivity contribution in [3.05, 3.63) is 126 Å². The molecule has 0 saturated carbocycles. The molecule has 0 aliphatic carbocycles. The van der Waals surface area contributed by atoms with Crippen LogP contribution in [0.1, 0.15) is 140 Å². The number of carboxylic acids is 1. The maximum atomic E-state index is 15.7. The van der Waals surface area contributed by atoms with Gasteiger partial charge in [-0.1, -0.05) is 120 Å². The minimum Gasteiger partial charge on any atom is -0.481 e. The molecule has 13 atom stereocenters. The summed E-state index contributed by atoms with van der Waals surface area (Å²) in [7, 11) is 5.27. The second-order valence-electron chi connectivity index (χ2n) is 33.9. The van der Waals surface area contributed by atoms with Gasteiger partial charge in [-0.05, 0) is 93.0 Å². The molecule has 8 rings (SSSR count). The molecule has 42 heteroatoms. The average Bonchev–Trinajstić information content (AvgIpc) is 1.48. The van der Waals surface area contributed by atoms with Gasteiger partial charge in [0.05, 0.1) is 38.2 Å². The molecule has 2 saturated heterocycles.